The highest BCUT2D eigenvalue weighted by Gasteiger charge is 2.12. The van der Waals surface area contributed by atoms with E-state index in [0.717, 1.165) is 11.3 Å². The summed E-state index contributed by atoms with van der Waals surface area (Å²) < 4.78 is 20.4. The molecule has 1 aromatic carbocycles. The van der Waals surface area contributed by atoms with Gasteiger partial charge in [0, 0.05) is 19.3 Å². The number of hydrogen-bond donors (Lipinski definition) is 2. The van der Waals surface area contributed by atoms with Crippen molar-refractivity contribution in [3.63, 3.8) is 0 Å². The molecule has 0 fully saturated rings. The van der Waals surface area contributed by atoms with Crippen LogP contribution in [0.2, 0.25) is 0 Å². The number of hydrogen-bond acceptors (Lipinski definition) is 3. The van der Waals surface area contributed by atoms with Gasteiger partial charge in [-0.15, -0.1) is 0 Å². The summed E-state index contributed by atoms with van der Waals surface area (Å²) in [5.74, 6) is -0.265. The van der Waals surface area contributed by atoms with Gasteiger partial charge in [0.15, 0.2) is 11.6 Å². The first-order valence-electron chi connectivity index (χ1n) is 7.77. The van der Waals surface area contributed by atoms with Crippen molar-refractivity contribution in [2.45, 2.75) is 26.3 Å². The molecule has 7 heteroatoms. The topological polar surface area (TPSA) is 68.2 Å². The van der Waals surface area contributed by atoms with E-state index < -0.39 is 5.82 Å². The second kappa shape index (κ2) is 7.81. The van der Waals surface area contributed by atoms with E-state index in [1.807, 2.05) is 14.0 Å². The number of nitrogens with one attached hydrogen (secondary N) is 2. The smallest absolute Gasteiger partial charge is 0.315 e. The van der Waals surface area contributed by atoms with Gasteiger partial charge in [0.25, 0.3) is 0 Å². The summed E-state index contributed by atoms with van der Waals surface area (Å²) >= 11 is 0. The number of benzene rings is 1. The van der Waals surface area contributed by atoms with E-state index in [1.165, 1.54) is 13.2 Å². The minimum absolute atomic E-state index is 0.183. The Kier molecular flexibility index (Phi) is 5.78. The Labute approximate surface area is 141 Å². The fraction of sp³-hybridized carbons (Fsp3) is 0.412. The summed E-state index contributed by atoms with van der Waals surface area (Å²) in [6.07, 6.45) is 2.51. The minimum atomic E-state index is -0.448. The zero-order valence-corrected chi connectivity index (χ0v) is 14.4. The average Bonchev–Trinajstić information content (AvgIpc) is 2.86. The molecule has 0 saturated heterocycles. The first-order chi connectivity index (χ1) is 11.4. The third-order valence-electron chi connectivity index (χ3n) is 4.04. The van der Waals surface area contributed by atoms with E-state index in [4.69, 9.17) is 4.74 Å². The van der Waals surface area contributed by atoms with Crippen molar-refractivity contribution in [1.82, 2.24) is 20.4 Å². The lowest BCUT2D eigenvalue weighted by atomic mass is 10.1. The van der Waals surface area contributed by atoms with Gasteiger partial charge in [-0.1, -0.05) is 6.07 Å². The molecule has 24 heavy (non-hydrogen) atoms. The van der Waals surface area contributed by atoms with Crippen LogP contribution in [0.3, 0.4) is 0 Å². The Bertz CT molecular complexity index is 715. The molecule has 1 aromatic heterocycles. The maximum absolute atomic E-state index is 13.7. The third-order valence-corrected chi connectivity index (χ3v) is 4.04. The van der Waals surface area contributed by atoms with Crippen LogP contribution >= 0.6 is 0 Å². The third kappa shape index (κ3) is 4.24. The van der Waals surface area contributed by atoms with Crippen LogP contribution in [0.4, 0.5) is 9.18 Å². The lowest BCUT2D eigenvalue weighted by Crippen LogP contribution is -2.38. The highest BCUT2D eigenvalue weighted by Crippen LogP contribution is 2.21. The highest BCUT2D eigenvalue weighted by molar-refractivity contribution is 5.74. The number of methoxy groups -OCH3 is 1. The summed E-state index contributed by atoms with van der Waals surface area (Å²) in [5, 5.41) is 9.76. The number of aromatic nitrogens is 2. The molecule has 0 aliphatic rings. The van der Waals surface area contributed by atoms with Gasteiger partial charge in [-0.05, 0) is 43.5 Å². The molecule has 130 valence electrons. The van der Waals surface area contributed by atoms with Gasteiger partial charge in [0.1, 0.15) is 0 Å². The predicted molar refractivity (Wildman–Crippen MR) is 89.6 cm³/mol. The van der Waals surface area contributed by atoms with E-state index in [9.17, 15) is 9.18 Å². The minimum Gasteiger partial charge on any atom is -0.494 e. The number of rotatable bonds is 6. The summed E-state index contributed by atoms with van der Waals surface area (Å²) in [6, 6.07) is 4.03. The van der Waals surface area contributed by atoms with Crippen LogP contribution in [0.5, 0.6) is 5.75 Å². The van der Waals surface area contributed by atoms with Crippen molar-refractivity contribution in [2.75, 3.05) is 13.7 Å². The molecule has 0 aliphatic heterocycles. The predicted octanol–water partition coefficient (Wildman–Crippen LogP) is 2.48. The molecule has 0 aliphatic carbocycles. The lowest BCUT2D eigenvalue weighted by molar-refractivity contribution is 0.238. The zero-order valence-electron chi connectivity index (χ0n) is 14.4. The molecular formula is C17H23FN4O2. The number of carbonyl (C=O) groups excluding carboxylic acids is 1. The van der Waals surface area contributed by atoms with Crippen LogP contribution in [0.15, 0.2) is 24.4 Å². The summed E-state index contributed by atoms with van der Waals surface area (Å²) in [7, 11) is 3.30. The molecule has 0 bridgehead atoms. The molecule has 6 nitrogen and oxygen atoms in total. The number of amides is 2. The van der Waals surface area contributed by atoms with Crippen molar-refractivity contribution in [3.05, 3.63) is 47.0 Å². The Hall–Kier alpha value is -2.57. The van der Waals surface area contributed by atoms with Crippen LogP contribution in [0.25, 0.3) is 0 Å². The largest absolute Gasteiger partial charge is 0.494 e. The number of urea groups is 1. The average molecular weight is 334 g/mol. The van der Waals surface area contributed by atoms with Crippen LogP contribution in [-0.4, -0.2) is 29.5 Å². The van der Waals surface area contributed by atoms with Gasteiger partial charge in [0.2, 0.25) is 0 Å². The van der Waals surface area contributed by atoms with Crippen molar-refractivity contribution in [2.24, 2.45) is 7.05 Å². The standard InChI is InChI=1S/C17H23FN4O2/c1-11(13-5-6-16(24-4)15(18)9-13)21-17(23)19-8-7-14-10-20-22(3)12(14)2/h5-6,9-11H,7-8H2,1-4H3,(H2,19,21,23)/t11-/m1/s1. The number of halogens is 1. The molecule has 1 atom stereocenters. The monoisotopic (exact) mass is 334 g/mol. The number of carbonyl (C=O) groups is 1. The molecule has 1 heterocycles. The van der Waals surface area contributed by atoms with Crippen LogP contribution in [0, 0.1) is 12.7 Å². The maximum Gasteiger partial charge on any atom is 0.315 e. The molecular weight excluding hydrogens is 311 g/mol. The zero-order chi connectivity index (χ0) is 17.7. The van der Waals surface area contributed by atoms with Gasteiger partial charge >= 0.3 is 6.03 Å². The molecule has 0 unspecified atom stereocenters. The quantitative estimate of drug-likeness (QED) is 0.853. The molecule has 0 radical (unpaired) electrons. The maximum atomic E-state index is 13.7. The van der Waals surface area contributed by atoms with Gasteiger partial charge in [-0.25, -0.2) is 9.18 Å². The second-order valence-corrected chi connectivity index (χ2v) is 5.64. The van der Waals surface area contributed by atoms with Crippen LogP contribution in [-0.2, 0) is 13.5 Å². The van der Waals surface area contributed by atoms with Crippen molar-refractivity contribution in [3.8, 4) is 5.75 Å². The molecule has 2 N–H and O–H groups in total. The molecule has 0 spiro atoms. The Morgan fingerprint density at radius 2 is 2.21 bits per heavy atom. The second-order valence-electron chi connectivity index (χ2n) is 5.64. The van der Waals surface area contributed by atoms with E-state index in [2.05, 4.69) is 15.7 Å². The lowest BCUT2D eigenvalue weighted by Gasteiger charge is -2.16. The van der Waals surface area contributed by atoms with Crippen LogP contribution in [0.1, 0.15) is 29.8 Å². The van der Waals surface area contributed by atoms with E-state index >= 15 is 0 Å². The fourth-order valence-corrected chi connectivity index (χ4v) is 2.38. The summed E-state index contributed by atoms with van der Waals surface area (Å²) in [5.41, 5.74) is 2.86. The Morgan fingerprint density at radius 3 is 2.79 bits per heavy atom. The summed E-state index contributed by atoms with van der Waals surface area (Å²) in [6.45, 7) is 4.29. The molecule has 0 saturated carbocycles. The van der Waals surface area contributed by atoms with E-state index in [0.29, 0.717) is 18.5 Å². The van der Waals surface area contributed by atoms with E-state index in [-0.39, 0.29) is 17.8 Å². The van der Waals surface area contributed by atoms with E-state index in [1.54, 1.807) is 29.9 Å². The van der Waals surface area contributed by atoms with Gasteiger partial charge in [0.05, 0.1) is 19.3 Å². The normalized spacial score (nSPS) is 11.9. The molecule has 2 rings (SSSR count). The van der Waals surface area contributed by atoms with Crippen molar-refractivity contribution >= 4 is 6.03 Å². The highest BCUT2D eigenvalue weighted by atomic mass is 19.1. The van der Waals surface area contributed by atoms with Crippen molar-refractivity contribution < 1.29 is 13.9 Å². The molecule has 2 amide bonds. The van der Waals surface area contributed by atoms with Crippen molar-refractivity contribution in [1.29, 1.82) is 0 Å². The van der Waals surface area contributed by atoms with Gasteiger partial charge in [-0.2, -0.15) is 5.10 Å². The van der Waals surface area contributed by atoms with Gasteiger partial charge < -0.3 is 15.4 Å². The summed E-state index contributed by atoms with van der Waals surface area (Å²) in [4.78, 5) is 12.0. The number of aryl methyl sites for hydroxylation is 1. The number of nitrogens with zero attached hydrogens (tertiary/aromatic N) is 2. The first-order valence-corrected chi connectivity index (χ1v) is 7.77. The van der Waals surface area contributed by atoms with Gasteiger partial charge in [-0.3, -0.25) is 4.68 Å². The molecule has 2 aromatic rings. The first kappa shape index (κ1) is 17.8. The van der Waals surface area contributed by atoms with Crippen LogP contribution < -0.4 is 15.4 Å². The fourth-order valence-electron chi connectivity index (χ4n) is 2.38. The Morgan fingerprint density at radius 1 is 1.46 bits per heavy atom. The SMILES string of the molecule is COc1ccc([C@@H](C)NC(=O)NCCc2cnn(C)c2C)cc1F. The Balaban J connectivity index is 1.83. The number of ether oxygens (including phenoxy) is 1.